The second-order valence-electron chi connectivity index (χ2n) is 6.98. The lowest BCUT2D eigenvalue weighted by Gasteiger charge is -2.31. The fourth-order valence-electron chi connectivity index (χ4n) is 3.05. The summed E-state index contributed by atoms with van der Waals surface area (Å²) in [7, 11) is 0. The van der Waals surface area contributed by atoms with Crippen molar-refractivity contribution in [3.05, 3.63) is 71.8 Å². The van der Waals surface area contributed by atoms with E-state index in [1.807, 2.05) is 12.1 Å². The van der Waals surface area contributed by atoms with Gasteiger partial charge in [0.2, 0.25) is 0 Å². The van der Waals surface area contributed by atoms with E-state index in [2.05, 4.69) is 69.3 Å². The van der Waals surface area contributed by atoms with Gasteiger partial charge in [-0.2, -0.15) is 0 Å². The first-order chi connectivity index (χ1) is 10.1. The van der Waals surface area contributed by atoms with Gasteiger partial charge in [0.25, 0.3) is 0 Å². The van der Waals surface area contributed by atoms with Crippen LogP contribution < -0.4 is 0 Å². The van der Waals surface area contributed by atoms with E-state index >= 15 is 0 Å². The van der Waals surface area contributed by atoms with Gasteiger partial charge in [-0.15, -0.1) is 0 Å². The Kier molecular flexibility index (Phi) is 5.61. The molecule has 1 unspecified atom stereocenters. The Balaban J connectivity index is 1.89. The minimum absolute atomic E-state index is 0.322. The van der Waals surface area contributed by atoms with E-state index in [9.17, 15) is 0 Å². The summed E-state index contributed by atoms with van der Waals surface area (Å²) in [4.78, 5) is 0. The summed E-state index contributed by atoms with van der Waals surface area (Å²) in [5.74, 6) is 0.641. The Labute approximate surface area is 130 Å². The van der Waals surface area contributed by atoms with Gasteiger partial charge in [0.1, 0.15) is 0 Å². The quantitative estimate of drug-likeness (QED) is 0.566. The SMILES string of the molecule is CC(C)(C)C(CCCCc1cc[c]cc1)c1ccccc1. The van der Waals surface area contributed by atoms with Crippen molar-refractivity contribution in [1.82, 2.24) is 0 Å². The van der Waals surface area contributed by atoms with Gasteiger partial charge in [0, 0.05) is 0 Å². The van der Waals surface area contributed by atoms with Crippen molar-refractivity contribution in [1.29, 1.82) is 0 Å². The summed E-state index contributed by atoms with van der Waals surface area (Å²) in [5, 5.41) is 0. The minimum atomic E-state index is 0.322. The monoisotopic (exact) mass is 279 g/mol. The Hall–Kier alpha value is -1.56. The third-order valence-electron chi connectivity index (χ3n) is 4.24. The van der Waals surface area contributed by atoms with Crippen molar-refractivity contribution in [2.45, 2.75) is 52.4 Å². The zero-order valence-corrected chi connectivity index (χ0v) is 13.6. The first-order valence-corrected chi connectivity index (χ1v) is 8.07. The molecule has 1 radical (unpaired) electrons. The fraction of sp³-hybridized carbons (Fsp3) is 0.429. The van der Waals surface area contributed by atoms with Gasteiger partial charge in [-0.25, -0.2) is 0 Å². The van der Waals surface area contributed by atoms with Crippen LogP contribution in [0.1, 0.15) is 57.1 Å². The molecule has 1 atom stereocenters. The highest BCUT2D eigenvalue weighted by Crippen LogP contribution is 2.38. The van der Waals surface area contributed by atoms with Crippen LogP contribution in [0.25, 0.3) is 0 Å². The Morgan fingerprint density at radius 1 is 0.905 bits per heavy atom. The molecule has 0 aliphatic rings. The molecule has 0 bridgehead atoms. The van der Waals surface area contributed by atoms with E-state index in [0.29, 0.717) is 11.3 Å². The first kappa shape index (κ1) is 15.8. The molecule has 0 saturated heterocycles. The predicted molar refractivity (Wildman–Crippen MR) is 91.5 cm³/mol. The number of hydrogen-bond donors (Lipinski definition) is 0. The van der Waals surface area contributed by atoms with Gasteiger partial charge in [0.15, 0.2) is 0 Å². The van der Waals surface area contributed by atoms with Gasteiger partial charge >= 0.3 is 0 Å². The molecule has 0 spiro atoms. The number of hydrogen-bond acceptors (Lipinski definition) is 0. The second kappa shape index (κ2) is 7.45. The molecule has 2 aromatic rings. The van der Waals surface area contributed by atoms with E-state index in [1.165, 1.54) is 36.8 Å². The van der Waals surface area contributed by atoms with Crippen molar-refractivity contribution in [2.24, 2.45) is 5.41 Å². The first-order valence-electron chi connectivity index (χ1n) is 8.07. The van der Waals surface area contributed by atoms with Crippen LogP contribution in [0, 0.1) is 11.5 Å². The summed E-state index contributed by atoms with van der Waals surface area (Å²) in [6.07, 6.45) is 5.01. The third-order valence-corrected chi connectivity index (χ3v) is 4.24. The molecule has 111 valence electrons. The molecule has 0 N–H and O–H groups in total. The van der Waals surface area contributed by atoms with Gasteiger partial charge < -0.3 is 0 Å². The van der Waals surface area contributed by atoms with Crippen LogP contribution >= 0.6 is 0 Å². The molecule has 0 aliphatic carbocycles. The van der Waals surface area contributed by atoms with E-state index in [-0.39, 0.29) is 0 Å². The lowest BCUT2D eigenvalue weighted by Crippen LogP contribution is -2.18. The van der Waals surface area contributed by atoms with Gasteiger partial charge in [0.05, 0.1) is 0 Å². The molecule has 0 nitrogen and oxygen atoms in total. The molecule has 0 heterocycles. The zero-order valence-electron chi connectivity index (χ0n) is 13.6. The van der Waals surface area contributed by atoms with Gasteiger partial charge in [-0.1, -0.05) is 81.8 Å². The highest BCUT2D eigenvalue weighted by Gasteiger charge is 2.25. The maximum absolute atomic E-state index is 3.08. The van der Waals surface area contributed by atoms with Crippen LogP contribution in [0.4, 0.5) is 0 Å². The minimum Gasteiger partial charge on any atom is -0.0622 e. The van der Waals surface area contributed by atoms with Crippen LogP contribution in [-0.2, 0) is 6.42 Å². The molecular formula is C21H27. The number of aryl methyl sites for hydroxylation is 1. The van der Waals surface area contributed by atoms with Crippen LogP contribution in [0.15, 0.2) is 54.6 Å². The molecule has 0 fully saturated rings. The summed E-state index contributed by atoms with van der Waals surface area (Å²) in [5.41, 5.74) is 3.24. The van der Waals surface area contributed by atoms with Crippen molar-refractivity contribution in [2.75, 3.05) is 0 Å². The van der Waals surface area contributed by atoms with E-state index in [1.54, 1.807) is 0 Å². The van der Waals surface area contributed by atoms with Crippen molar-refractivity contribution in [3.63, 3.8) is 0 Å². The molecule has 0 saturated carbocycles. The van der Waals surface area contributed by atoms with Gasteiger partial charge in [-0.3, -0.25) is 0 Å². The molecule has 21 heavy (non-hydrogen) atoms. The lowest BCUT2D eigenvalue weighted by atomic mass is 9.74. The normalized spacial score (nSPS) is 13.1. The Morgan fingerprint density at radius 3 is 2.19 bits per heavy atom. The predicted octanol–water partition coefficient (Wildman–Crippen LogP) is 6.03. The summed E-state index contributed by atoms with van der Waals surface area (Å²) in [6.45, 7) is 7.08. The van der Waals surface area contributed by atoms with Crippen molar-refractivity contribution in [3.8, 4) is 0 Å². The Morgan fingerprint density at radius 2 is 1.57 bits per heavy atom. The fourth-order valence-corrected chi connectivity index (χ4v) is 3.05. The zero-order chi connectivity index (χ0) is 15.1. The molecule has 0 aliphatic heterocycles. The van der Waals surface area contributed by atoms with E-state index < -0.39 is 0 Å². The third kappa shape index (κ3) is 5.04. The molecular weight excluding hydrogens is 252 g/mol. The smallest absolute Gasteiger partial charge is 0.0113 e. The highest BCUT2D eigenvalue weighted by molar-refractivity contribution is 5.21. The standard InChI is InChI=1S/C21H27/c1-21(2,3)20(19-15-8-5-9-16-19)17-11-10-14-18-12-6-4-7-13-18/h5-9,12-13,15-16,20H,10-11,14,17H2,1-3H3. The Bertz CT molecular complexity index is 505. The molecule has 2 rings (SSSR count). The van der Waals surface area contributed by atoms with E-state index in [0.717, 1.165) is 0 Å². The van der Waals surface area contributed by atoms with Crippen LogP contribution in [-0.4, -0.2) is 0 Å². The molecule has 0 aromatic heterocycles. The van der Waals surface area contributed by atoms with Crippen molar-refractivity contribution < 1.29 is 0 Å². The number of benzene rings is 2. The van der Waals surface area contributed by atoms with Crippen LogP contribution in [0.3, 0.4) is 0 Å². The summed E-state index contributed by atoms with van der Waals surface area (Å²) >= 11 is 0. The highest BCUT2D eigenvalue weighted by atomic mass is 14.3. The maximum atomic E-state index is 3.08. The largest absolute Gasteiger partial charge is 0.0622 e. The second-order valence-corrected chi connectivity index (χ2v) is 6.98. The molecule has 0 amide bonds. The summed E-state index contributed by atoms with van der Waals surface area (Å²) in [6, 6.07) is 22.5. The average Bonchev–Trinajstić information content (AvgIpc) is 2.48. The van der Waals surface area contributed by atoms with E-state index in [4.69, 9.17) is 0 Å². The summed E-state index contributed by atoms with van der Waals surface area (Å²) < 4.78 is 0. The van der Waals surface area contributed by atoms with Gasteiger partial charge in [-0.05, 0) is 47.8 Å². The lowest BCUT2D eigenvalue weighted by molar-refractivity contribution is 0.298. The molecule has 0 heteroatoms. The molecule has 2 aromatic carbocycles. The number of rotatable bonds is 6. The van der Waals surface area contributed by atoms with Crippen LogP contribution in [0.2, 0.25) is 0 Å². The average molecular weight is 279 g/mol. The van der Waals surface area contributed by atoms with Crippen molar-refractivity contribution >= 4 is 0 Å². The topological polar surface area (TPSA) is 0 Å². The number of unbranched alkanes of at least 4 members (excludes halogenated alkanes) is 1. The van der Waals surface area contributed by atoms with Crippen LogP contribution in [0.5, 0.6) is 0 Å². The maximum Gasteiger partial charge on any atom is -0.0113 e.